The average Bonchev–Trinajstić information content (AvgIpc) is 2.37. The van der Waals surface area contributed by atoms with E-state index in [2.05, 4.69) is 4.90 Å². The number of fused-ring (bicyclic) bond motifs is 3. The van der Waals surface area contributed by atoms with Crippen molar-refractivity contribution in [3.05, 3.63) is 0 Å². The fraction of sp³-hybridized carbons (Fsp3) is 0.833. The molecule has 3 saturated heterocycles. The SMILES string of the molecule is CN(C)C(=O)C(=O)N(C)[C@@H]1CN2CCC1CC2. The number of carbonyl (C=O) groups excluding carboxylic acids is 2. The Bertz CT molecular complexity index is 322. The van der Waals surface area contributed by atoms with E-state index in [-0.39, 0.29) is 11.9 Å². The first kappa shape index (κ1) is 12.4. The predicted octanol–water partition coefficient (Wildman–Crippen LogP) is -0.373. The van der Waals surface area contributed by atoms with Gasteiger partial charge in [-0.15, -0.1) is 0 Å². The molecular formula is C12H21N3O2. The van der Waals surface area contributed by atoms with Crippen LogP contribution >= 0.6 is 0 Å². The highest BCUT2D eigenvalue weighted by Crippen LogP contribution is 2.30. The summed E-state index contributed by atoms with van der Waals surface area (Å²) in [6, 6.07) is 0.217. The molecule has 0 aliphatic carbocycles. The fourth-order valence-electron chi connectivity index (χ4n) is 2.87. The first-order valence-electron chi connectivity index (χ1n) is 6.21. The molecule has 0 aromatic carbocycles. The number of amides is 2. The van der Waals surface area contributed by atoms with Crippen molar-refractivity contribution in [2.75, 3.05) is 40.8 Å². The van der Waals surface area contributed by atoms with Crippen molar-refractivity contribution in [2.24, 2.45) is 5.92 Å². The minimum Gasteiger partial charge on any atom is -0.341 e. The lowest BCUT2D eigenvalue weighted by Crippen LogP contribution is -2.59. The van der Waals surface area contributed by atoms with Gasteiger partial charge in [0.25, 0.3) is 0 Å². The van der Waals surface area contributed by atoms with Gasteiger partial charge in [0, 0.05) is 33.7 Å². The molecule has 0 saturated carbocycles. The van der Waals surface area contributed by atoms with Crippen molar-refractivity contribution in [2.45, 2.75) is 18.9 Å². The molecule has 5 nitrogen and oxygen atoms in total. The van der Waals surface area contributed by atoms with Gasteiger partial charge in [0.2, 0.25) is 0 Å². The molecule has 96 valence electrons. The van der Waals surface area contributed by atoms with Crippen molar-refractivity contribution in [3.8, 4) is 0 Å². The third kappa shape index (κ3) is 2.29. The molecule has 0 spiro atoms. The first-order chi connectivity index (χ1) is 8.00. The van der Waals surface area contributed by atoms with Crippen LogP contribution in [0.2, 0.25) is 0 Å². The quantitative estimate of drug-likeness (QED) is 0.586. The summed E-state index contributed by atoms with van der Waals surface area (Å²) in [7, 11) is 4.99. The maximum atomic E-state index is 12.0. The smallest absolute Gasteiger partial charge is 0.312 e. The molecule has 3 fully saturated rings. The van der Waals surface area contributed by atoms with Gasteiger partial charge in [-0.05, 0) is 31.8 Å². The van der Waals surface area contributed by atoms with Crippen LogP contribution in [0.3, 0.4) is 0 Å². The summed E-state index contributed by atoms with van der Waals surface area (Å²) in [6.07, 6.45) is 2.30. The lowest BCUT2D eigenvalue weighted by Gasteiger charge is -2.47. The van der Waals surface area contributed by atoms with E-state index in [9.17, 15) is 9.59 Å². The van der Waals surface area contributed by atoms with Crippen molar-refractivity contribution >= 4 is 11.8 Å². The number of likely N-dealkylation sites (N-methyl/N-ethyl adjacent to an activating group) is 2. The summed E-state index contributed by atoms with van der Waals surface area (Å²) in [5.41, 5.74) is 0. The van der Waals surface area contributed by atoms with E-state index in [1.807, 2.05) is 0 Å². The van der Waals surface area contributed by atoms with Crippen molar-refractivity contribution in [3.63, 3.8) is 0 Å². The standard InChI is InChI=1S/C12H21N3O2/c1-13(2)11(16)12(17)14(3)10-8-15-6-4-9(10)5-7-15/h9-10H,4-8H2,1-3H3/t10-/m1/s1. The van der Waals surface area contributed by atoms with Crippen LogP contribution in [0.25, 0.3) is 0 Å². The van der Waals surface area contributed by atoms with Gasteiger partial charge in [-0.2, -0.15) is 0 Å². The summed E-state index contributed by atoms with van der Waals surface area (Å²) in [5, 5.41) is 0. The lowest BCUT2D eigenvalue weighted by molar-refractivity contribution is -0.153. The van der Waals surface area contributed by atoms with Crippen LogP contribution in [0.1, 0.15) is 12.8 Å². The average molecular weight is 239 g/mol. The third-order valence-electron chi connectivity index (χ3n) is 4.03. The summed E-state index contributed by atoms with van der Waals surface area (Å²) in [4.78, 5) is 29.0. The number of hydrogen-bond donors (Lipinski definition) is 0. The van der Waals surface area contributed by atoms with E-state index in [0.717, 1.165) is 32.5 Å². The maximum Gasteiger partial charge on any atom is 0.312 e. The van der Waals surface area contributed by atoms with Gasteiger partial charge in [0.1, 0.15) is 0 Å². The molecule has 3 heterocycles. The van der Waals surface area contributed by atoms with Crippen LogP contribution in [0.15, 0.2) is 0 Å². The van der Waals surface area contributed by atoms with E-state index in [1.54, 1.807) is 26.0 Å². The number of hydrogen-bond acceptors (Lipinski definition) is 3. The van der Waals surface area contributed by atoms with E-state index in [1.165, 1.54) is 4.90 Å². The van der Waals surface area contributed by atoms with E-state index in [4.69, 9.17) is 0 Å². The lowest BCUT2D eigenvalue weighted by atomic mass is 9.83. The zero-order valence-corrected chi connectivity index (χ0v) is 10.8. The highest BCUT2D eigenvalue weighted by molar-refractivity contribution is 6.34. The van der Waals surface area contributed by atoms with Crippen LogP contribution < -0.4 is 0 Å². The van der Waals surface area contributed by atoms with Crippen LogP contribution in [0.5, 0.6) is 0 Å². The molecule has 17 heavy (non-hydrogen) atoms. The van der Waals surface area contributed by atoms with E-state index in [0.29, 0.717) is 5.92 Å². The Morgan fingerprint density at radius 2 is 1.65 bits per heavy atom. The molecule has 3 rings (SSSR count). The monoisotopic (exact) mass is 239 g/mol. The first-order valence-corrected chi connectivity index (χ1v) is 6.21. The minimum absolute atomic E-state index is 0.217. The van der Waals surface area contributed by atoms with Crippen LogP contribution in [0, 0.1) is 5.92 Å². The van der Waals surface area contributed by atoms with Gasteiger partial charge >= 0.3 is 11.8 Å². The summed E-state index contributed by atoms with van der Waals surface area (Å²) in [5.74, 6) is -0.235. The minimum atomic E-state index is -0.427. The number of rotatable bonds is 1. The molecular weight excluding hydrogens is 218 g/mol. The van der Waals surface area contributed by atoms with Gasteiger partial charge < -0.3 is 14.7 Å². The molecule has 0 aromatic heterocycles. The van der Waals surface area contributed by atoms with Crippen molar-refractivity contribution in [1.82, 2.24) is 14.7 Å². The van der Waals surface area contributed by atoms with E-state index >= 15 is 0 Å². The molecule has 1 atom stereocenters. The Hall–Kier alpha value is -1.10. The van der Waals surface area contributed by atoms with Crippen LogP contribution in [-0.4, -0.2) is 73.3 Å². The Kier molecular flexibility index (Phi) is 3.38. The molecule has 3 aliphatic heterocycles. The zero-order chi connectivity index (χ0) is 12.6. The molecule has 0 unspecified atom stereocenters. The molecule has 2 bridgehead atoms. The predicted molar refractivity (Wildman–Crippen MR) is 64.4 cm³/mol. The summed E-state index contributed by atoms with van der Waals surface area (Å²) >= 11 is 0. The van der Waals surface area contributed by atoms with Crippen LogP contribution in [0.4, 0.5) is 0 Å². The molecule has 0 aromatic rings. The summed E-state index contributed by atoms with van der Waals surface area (Å²) < 4.78 is 0. The Balaban J connectivity index is 2.02. The van der Waals surface area contributed by atoms with Gasteiger partial charge in [0.05, 0.1) is 0 Å². The van der Waals surface area contributed by atoms with Gasteiger partial charge in [-0.3, -0.25) is 9.59 Å². The topological polar surface area (TPSA) is 43.9 Å². The molecule has 3 aliphatic rings. The van der Waals surface area contributed by atoms with Gasteiger partial charge in [-0.1, -0.05) is 0 Å². The summed E-state index contributed by atoms with van der Waals surface area (Å²) in [6.45, 7) is 3.21. The van der Waals surface area contributed by atoms with Crippen molar-refractivity contribution in [1.29, 1.82) is 0 Å². The van der Waals surface area contributed by atoms with E-state index < -0.39 is 5.91 Å². The largest absolute Gasteiger partial charge is 0.341 e. The van der Waals surface area contributed by atoms with Crippen LogP contribution in [-0.2, 0) is 9.59 Å². The normalized spacial score (nSPS) is 31.1. The second-order valence-corrected chi connectivity index (χ2v) is 5.32. The second kappa shape index (κ2) is 4.64. The molecule has 0 radical (unpaired) electrons. The maximum absolute atomic E-state index is 12.0. The number of nitrogens with zero attached hydrogens (tertiary/aromatic N) is 3. The fourth-order valence-corrected chi connectivity index (χ4v) is 2.87. The zero-order valence-electron chi connectivity index (χ0n) is 10.8. The highest BCUT2D eigenvalue weighted by Gasteiger charge is 2.39. The number of piperidine rings is 3. The van der Waals surface area contributed by atoms with Gasteiger partial charge in [-0.25, -0.2) is 0 Å². The highest BCUT2D eigenvalue weighted by atomic mass is 16.2. The molecule has 2 amide bonds. The van der Waals surface area contributed by atoms with Gasteiger partial charge in [0.15, 0.2) is 0 Å². The molecule has 0 N–H and O–H groups in total. The van der Waals surface area contributed by atoms with Crippen molar-refractivity contribution < 1.29 is 9.59 Å². The molecule has 5 heteroatoms. The Morgan fingerprint density at radius 3 is 2.06 bits per heavy atom. The number of carbonyl (C=O) groups is 2. The Morgan fingerprint density at radius 1 is 1.06 bits per heavy atom. The Labute approximate surface area is 102 Å². The second-order valence-electron chi connectivity index (χ2n) is 5.32. The third-order valence-corrected chi connectivity index (χ3v) is 4.03.